The summed E-state index contributed by atoms with van der Waals surface area (Å²) in [6.45, 7) is 2.34. The molecule has 0 saturated carbocycles. The molecule has 11 heavy (non-hydrogen) atoms. The molecule has 0 aliphatic heterocycles. The second-order valence-electron chi connectivity index (χ2n) is 2.55. The minimum absolute atomic E-state index is 0.101. The lowest BCUT2D eigenvalue weighted by atomic mass is 10.1. The smallest absolute Gasteiger partial charge is 0.349 e. The topological polar surface area (TPSA) is 70.4 Å². The molecule has 4 nitrogen and oxygen atoms in total. The van der Waals surface area contributed by atoms with Gasteiger partial charge >= 0.3 is 5.97 Å². The normalized spacial score (nSPS) is 12.5. The van der Waals surface area contributed by atoms with Gasteiger partial charge in [-0.2, -0.15) is 0 Å². The Bertz CT molecular complexity index is 156. The second-order valence-corrected chi connectivity index (χ2v) is 2.55. The molecule has 1 atom stereocenters. The van der Waals surface area contributed by atoms with Crippen LogP contribution in [0, 0.1) is 11.3 Å². The number of rotatable bonds is 5. The summed E-state index contributed by atoms with van der Waals surface area (Å²) >= 11 is 0. The van der Waals surface area contributed by atoms with Gasteiger partial charge in [-0.1, -0.05) is 6.92 Å². The molecule has 0 aromatic rings. The Labute approximate surface area is 65.7 Å². The highest BCUT2D eigenvalue weighted by Crippen LogP contribution is 2.02. The molecule has 0 rings (SSSR count). The first-order valence-corrected chi connectivity index (χ1v) is 3.37. The van der Waals surface area contributed by atoms with Crippen LogP contribution in [-0.4, -0.2) is 30.5 Å². The second kappa shape index (κ2) is 4.85. The minimum Gasteiger partial charge on any atom is -0.477 e. The zero-order valence-electron chi connectivity index (χ0n) is 6.76. The van der Waals surface area contributed by atoms with E-state index < -0.39 is 5.97 Å². The van der Waals surface area contributed by atoms with E-state index in [0.717, 1.165) is 0 Å². The molecular weight excluding hydrogens is 146 g/mol. The quantitative estimate of drug-likeness (QED) is 0.582. The molecule has 0 spiro atoms. The average molecular weight is 159 g/mol. The van der Waals surface area contributed by atoms with E-state index in [9.17, 15) is 4.79 Å². The zero-order chi connectivity index (χ0) is 8.85. The standard InChI is InChI=1S/C7H13NO3/c1-5(4-11-2)3-6(8)7(9)10/h5,8H,3-4H2,1-2H3,(H,9,10)/t5-/m1/s1. The molecule has 0 aromatic carbocycles. The van der Waals surface area contributed by atoms with E-state index in [2.05, 4.69) is 0 Å². The first-order chi connectivity index (χ1) is 5.07. The summed E-state index contributed by atoms with van der Waals surface area (Å²) in [6.07, 6.45) is 0.267. The van der Waals surface area contributed by atoms with Crippen molar-refractivity contribution in [3.05, 3.63) is 0 Å². The molecule has 0 aliphatic carbocycles. The van der Waals surface area contributed by atoms with Crippen LogP contribution >= 0.6 is 0 Å². The molecule has 64 valence electrons. The Hall–Kier alpha value is -0.900. The van der Waals surface area contributed by atoms with Crippen molar-refractivity contribution in [1.82, 2.24) is 0 Å². The van der Waals surface area contributed by atoms with Crippen molar-refractivity contribution in [1.29, 1.82) is 5.41 Å². The summed E-state index contributed by atoms with van der Waals surface area (Å²) < 4.78 is 4.79. The molecule has 0 aromatic heterocycles. The number of ether oxygens (including phenoxy) is 1. The van der Waals surface area contributed by atoms with Crippen LogP contribution in [0.1, 0.15) is 13.3 Å². The van der Waals surface area contributed by atoms with E-state index >= 15 is 0 Å². The third kappa shape index (κ3) is 4.50. The number of aliphatic carboxylic acids is 1. The molecular formula is C7H13NO3. The van der Waals surface area contributed by atoms with Crippen LogP contribution in [0.4, 0.5) is 0 Å². The minimum atomic E-state index is -1.15. The average Bonchev–Trinajstić information content (AvgIpc) is 1.87. The first-order valence-electron chi connectivity index (χ1n) is 3.37. The Morgan fingerprint density at radius 2 is 2.27 bits per heavy atom. The summed E-state index contributed by atoms with van der Waals surface area (Å²) in [6, 6.07) is 0. The van der Waals surface area contributed by atoms with E-state index in [0.29, 0.717) is 6.61 Å². The summed E-state index contributed by atoms with van der Waals surface area (Å²) in [4.78, 5) is 10.2. The summed E-state index contributed by atoms with van der Waals surface area (Å²) in [5.41, 5.74) is -0.255. The SMILES string of the molecule is COC[C@H](C)CC(=N)C(=O)O. The molecule has 0 radical (unpaired) electrons. The molecule has 0 unspecified atom stereocenters. The molecule has 0 bridgehead atoms. The Morgan fingerprint density at radius 1 is 1.73 bits per heavy atom. The Kier molecular flexibility index (Phi) is 4.45. The van der Waals surface area contributed by atoms with Crippen LogP contribution in [0.25, 0.3) is 0 Å². The van der Waals surface area contributed by atoms with E-state index in [-0.39, 0.29) is 18.1 Å². The largest absolute Gasteiger partial charge is 0.477 e. The molecule has 0 amide bonds. The van der Waals surface area contributed by atoms with Gasteiger partial charge in [-0.3, -0.25) is 5.41 Å². The van der Waals surface area contributed by atoms with Crippen LogP contribution in [0.15, 0.2) is 0 Å². The maximum Gasteiger partial charge on any atom is 0.349 e. The van der Waals surface area contributed by atoms with Gasteiger partial charge in [-0.25, -0.2) is 4.79 Å². The van der Waals surface area contributed by atoms with Gasteiger partial charge in [0.05, 0.1) is 0 Å². The predicted molar refractivity (Wildman–Crippen MR) is 41.0 cm³/mol. The van der Waals surface area contributed by atoms with Crippen molar-refractivity contribution in [3.8, 4) is 0 Å². The zero-order valence-corrected chi connectivity index (χ0v) is 6.76. The van der Waals surface area contributed by atoms with E-state index in [1.807, 2.05) is 6.92 Å². The highest BCUT2D eigenvalue weighted by molar-refractivity contribution is 6.34. The van der Waals surface area contributed by atoms with Gasteiger partial charge in [0.1, 0.15) is 5.71 Å². The Morgan fingerprint density at radius 3 is 2.64 bits per heavy atom. The van der Waals surface area contributed by atoms with Gasteiger partial charge in [0.2, 0.25) is 0 Å². The molecule has 0 aliphatic rings. The number of methoxy groups -OCH3 is 1. The number of hydrogen-bond acceptors (Lipinski definition) is 3. The van der Waals surface area contributed by atoms with Gasteiger partial charge in [0, 0.05) is 20.1 Å². The van der Waals surface area contributed by atoms with Crippen LogP contribution in [0.5, 0.6) is 0 Å². The van der Waals surface area contributed by atoms with Crippen molar-refractivity contribution in [2.75, 3.05) is 13.7 Å². The fourth-order valence-electron chi connectivity index (χ4n) is 0.779. The van der Waals surface area contributed by atoms with Gasteiger partial charge < -0.3 is 9.84 Å². The maximum atomic E-state index is 10.2. The summed E-state index contributed by atoms with van der Waals surface area (Å²) in [5.74, 6) is -1.04. The molecule has 0 saturated heterocycles. The Balaban J connectivity index is 3.66. The van der Waals surface area contributed by atoms with Crippen molar-refractivity contribution in [3.63, 3.8) is 0 Å². The fourth-order valence-corrected chi connectivity index (χ4v) is 0.779. The predicted octanol–water partition coefficient (Wildman–Crippen LogP) is 0.763. The van der Waals surface area contributed by atoms with Crippen molar-refractivity contribution in [2.24, 2.45) is 5.92 Å². The van der Waals surface area contributed by atoms with Gasteiger partial charge in [0.25, 0.3) is 0 Å². The van der Waals surface area contributed by atoms with E-state index in [4.69, 9.17) is 15.3 Å². The lowest BCUT2D eigenvalue weighted by Crippen LogP contribution is -2.17. The van der Waals surface area contributed by atoms with Crippen molar-refractivity contribution < 1.29 is 14.6 Å². The summed E-state index contributed by atoms with van der Waals surface area (Å²) in [7, 11) is 1.56. The van der Waals surface area contributed by atoms with Crippen LogP contribution < -0.4 is 0 Å². The van der Waals surface area contributed by atoms with Gasteiger partial charge in [0.15, 0.2) is 0 Å². The van der Waals surface area contributed by atoms with Gasteiger partial charge in [-0.05, 0) is 5.92 Å². The number of carbonyl (C=O) groups is 1. The number of hydrogen-bond donors (Lipinski definition) is 2. The van der Waals surface area contributed by atoms with Crippen LogP contribution in [0.3, 0.4) is 0 Å². The molecule has 0 heterocycles. The van der Waals surface area contributed by atoms with Crippen molar-refractivity contribution in [2.45, 2.75) is 13.3 Å². The maximum absolute atomic E-state index is 10.2. The molecule has 0 fully saturated rings. The highest BCUT2D eigenvalue weighted by atomic mass is 16.5. The van der Waals surface area contributed by atoms with Crippen LogP contribution in [0.2, 0.25) is 0 Å². The van der Waals surface area contributed by atoms with Crippen LogP contribution in [-0.2, 0) is 9.53 Å². The van der Waals surface area contributed by atoms with E-state index in [1.54, 1.807) is 7.11 Å². The first kappa shape index (κ1) is 10.1. The monoisotopic (exact) mass is 159 g/mol. The third-order valence-corrected chi connectivity index (χ3v) is 1.26. The number of carboxylic acid groups (broad SMARTS) is 1. The van der Waals surface area contributed by atoms with Gasteiger partial charge in [-0.15, -0.1) is 0 Å². The number of carboxylic acids is 1. The molecule has 2 N–H and O–H groups in total. The van der Waals surface area contributed by atoms with Crippen molar-refractivity contribution >= 4 is 11.7 Å². The lowest BCUT2D eigenvalue weighted by Gasteiger charge is -2.07. The number of nitrogens with one attached hydrogen (secondary N) is 1. The lowest BCUT2D eigenvalue weighted by molar-refractivity contribution is -0.129. The highest BCUT2D eigenvalue weighted by Gasteiger charge is 2.11. The molecule has 4 heteroatoms. The summed E-state index contributed by atoms with van der Waals surface area (Å²) in [5, 5.41) is 15.3. The fraction of sp³-hybridized carbons (Fsp3) is 0.714. The van der Waals surface area contributed by atoms with E-state index in [1.165, 1.54) is 0 Å². The third-order valence-electron chi connectivity index (χ3n) is 1.26.